The summed E-state index contributed by atoms with van der Waals surface area (Å²) in [6, 6.07) is 24.1. The topological polar surface area (TPSA) is 71.0 Å². The minimum Gasteiger partial charge on any atom is -0.497 e. The van der Waals surface area contributed by atoms with Gasteiger partial charge in [0.2, 0.25) is 11.8 Å². The lowest BCUT2D eigenvalue weighted by atomic mass is 10.1. The van der Waals surface area contributed by atoms with E-state index in [1.807, 2.05) is 54.6 Å². The molecule has 1 atom stereocenters. The number of thioether (sulfide) groups is 1. The second kappa shape index (κ2) is 11.2. The number of hydrogen-bond donors (Lipinski definition) is 1. The van der Waals surface area contributed by atoms with Gasteiger partial charge in [-0.05, 0) is 60.5 Å². The number of carbonyl (C=O) groups is 2. The average Bonchev–Trinajstić information content (AvgIpc) is 2.85. The van der Waals surface area contributed by atoms with Crippen LogP contribution in [0.1, 0.15) is 12.0 Å². The Hall–Kier alpha value is -3.29. The van der Waals surface area contributed by atoms with Crippen LogP contribution < -0.4 is 10.1 Å². The van der Waals surface area contributed by atoms with Gasteiger partial charge in [0.15, 0.2) is 5.17 Å². The van der Waals surface area contributed by atoms with Gasteiger partial charge in [-0.1, -0.05) is 53.7 Å². The Morgan fingerprint density at radius 3 is 2.47 bits per heavy atom. The zero-order valence-electron chi connectivity index (χ0n) is 18.6. The van der Waals surface area contributed by atoms with Gasteiger partial charge < -0.3 is 10.1 Å². The highest BCUT2D eigenvalue weighted by Gasteiger charge is 2.35. The highest BCUT2D eigenvalue weighted by molar-refractivity contribution is 8.15. The van der Waals surface area contributed by atoms with Gasteiger partial charge >= 0.3 is 0 Å². The highest BCUT2D eigenvalue weighted by atomic mass is 35.5. The lowest BCUT2D eigenvalue weighted by Gasteiger charge is -2.32. The summed E-state index contributed by atoms with van der Waals surface area (Å²) in [5, 5.41) is 3.50. The molecule has 3 aromatic carbocycles. The molecule has 2 amide bonds. The van der Waals surface area contributed by atoms with E-state index in [-0.39, 0.29) is 18.2 Å². The van der Waals surface area contributed by atoms with Crippen molar-refractivity contribution in [3.05, 3.63) is 89.4 Å². The maximum atomic E-state index is 13.1. The van der Waals surface area contributed by atoms with Crippen molar-refractivity contribution in [2.75, 3.05) is 19.0 Å². The second-order valence-corrected chi connectivity index (χ2v) is 9.29. The molecule has 0 bridgehead atoms. The van der Waals surface area contributed by atoms with E-state index in [1.165, 1.54) is 11.8 Å². The largest absolute Gasteiger partial charge is 0.497 e. The lowest BCUT2D eigenvalue weighted by molar-refractivity contribution is -0.129. The quantitative estimate of drug-likeness (QED) is 0.468. The van der Waals surface area contributed by atoms with E-state index in [0.29, 0.717) is 34.6 Å². The molecule has 174 valence electrons. The second-order valence-electron chi connectivity index (χ2n) is 7.68. The molecule has 0 saturated carbocycles. The molecule has 0 spiro atoms. The molecule has 1 heterocycles. The van der Waals surface area contributed by atoms with Crippen LogP contribution in [-0.2, 0) is 16.0 Å². The molecule has 4 rings (SSSR count). The zero-order chi connectivity index (χ0) is 23.9. The number of benzene rings is 3. The third-order valence-electron chi connectivity index (χ3n) is 5.31. The van der Waals surface area contributed by atoms with Crippen molar-refractivity contribution in [3.8, 4) is 5.75 Å². The first-order valence-corrected chi connectivity index (χ1v) is 12.1. The first-order chi connectivity index (χ1) is 16.5. The van der Waals surface area contributed by atoms with E-state index in [9.17, 15) is 9.59 Å². The fourth-order valence-electron chi connectivity index (χ4n) is 3.46. The van der Waals surface area contributed by atoms with Gasteiger partial charge in [-0.25, -0.2) is 4.99 Å². The fraction of sp³-hybridized carbons (Fsp3) is 0.192. The molecule has 0 aromatic heterocycles. The molecule has 1 N–H and O–H groups in total. The van der Waals surface area contributed by atoms with Crippen molar-refractivity contribution in [3.63, 3.8) is 0 Å². The van der Waals surface area contributed by atoms with Gasteiger partial charge in [-0.2, -0.15) is 0 Å². The smallest absolute Gasteiger partial charge is 0.238 e. The molecule has 1 saturated heterocycles. The van der Waals surface area contributed by atoms with Crippen LogP contribution in [-0.4, -0.2) is 40.8 Å². The van der Waals surface area contributed by atoms with E-state index in [1.54, 1.807) is 36.3 Å². The Kier molecular flexibility index (Phi) is 7.87. The Labute approximate surface area is 208 Å². The average molecular weight is 494 g/mol. The van der Waals surface area contributed by atoms with Crippen molar-refractivity contribution in [2.24, 2.45) is 4.99 Å². The van der Waals surface area contributed by atoms with Gasteiger partial charge in [-0.15, -0.1) is 0 Å². The van der Waals surface area contributed by atoms with Crippen LogP contribution in [0.25, 0.3) is 0 Å². The number of nitrogens with one attached hydrogen (secondary N) is 1. The number of methoxy groups -OCH3 is 1. The molecule has 0 aliphatic carbocycles. The molecule has 3 aromatic rings. The summed E-state index contributed by atoms with van der Waals surface area (Å²) in [6.07, 6.45) is 0.751. The van der Waals surface area contributed by atoms with E-state index in [4.69, 9.17) is 21.3 Å². The Balaban J connectivity index is 1.51. The number of rotatable bonds is 7. The van der Waals surface area contributed by atoms with Crippen LogP contribution in [0.3, 0.4) is 0 Å². The minimum absolute atomic E-state index is 0.0983. The summed E-state index contributed by atoms with van der Waals surface area (Å²) >= 11 is 7.29. The van der Waals surface area contributed by atoms with Gasteiger partial charge in [0, 0.05) is 23.7 Å². The predicted molar refractivity (Wildman–Crippen MR) is 138 cm³/mol. The Morgan fingerprint density at radius 1 is 1.09 bits per heavy atom. The van der Waals surface area contributed by atoms with Gasteiger partial charge in [0.1, 0.15) is 11.0 Å². The lowest BCUT2D eigenvalue weighted by Crippen LogP contribution is -2.46. The van der Waals surface area contributed by atoms with E-state index in [2.05, 4.69) is 5.32 Å². The normalized spacial score (nSPS) is 17.0. The van der Waals surface area contributed by atoms with Crippen LogP contribution in [0.15, 0.2) is 83.9 Å². The van der Waals surface area contributed by atoms with Crippen molar-refractivity contribution in [1.29, 1.82) is 0 Å². The van der Waals surface area contributed by atoms with E-state index >= 15 is 0 Å². The first-order valence-electron chi connectivity index (χ1n) is 10.8. The number of amides is 2. The molecule has 1 fully saturated rings. The molecule has 6 nitrogen and oxygen atoms in total. The minimum atomic E-state index is -0.580. The van der Waals surface area contributed by atoms with Crippen molar-refractivity contribution in [1.82, 2.24) is 4.90 Å². The summed E-state index contributed by atoms with van der Waals surface area (Å²) in [4.78, 5) is 32.5. The van der Waals surface area contributed by atoms with E-state index in [0.717, 1.165) is 11.3 Å². The highest BCUT2D eigenvalue weighted by Crippen LogP contribution is 2.30. The van der Waals surface area contributed by atoms with Crippen LogP contribution in [0.5, 0.6) is 5.75 Å². The molecule has 1 aliphatic rings. The number of para-hydroxylation sites is 1. The molecule has 1 aliphatic heterocycles. The molecule has 8 heteroatoms. The number of aliphatic imine (C=N–C) groups is 1. The molecular formula is C26H24ClN3O3S. The van der Waals surface area contributed by atoms with Crippen molar-refractivity contribution >= 4 is 51.7 Å². The summed E-state index contributed by atoms with van der Waals surface area (Å²) in [5.41, 5.74) is 2.44. The van der Waals surface area contributed by atoms with Gasteiger partial charge in [-0.3, -0.25) is 14.5 Å². The van der Waals surface area contributed by atoms with Crippen LogP contribution in [0, 0.1) is 0 Å². The maximum absolute atomic E-state index is 13.1. The molecule has 34 heavy (non-hydrogen) atoms. The van der Waals surface area contributed by atoms with Crippen molar-refractivity contribution < 1.29 is 14.3 Å². The number of ether oxygens (including phenoxy) is 1. The number of carbonyl (C=O) groups excluding carboxylic acids is 2. The molecular weight excluding hydrogens is 470 g/mol. The molecule has 1 unspecified atom stereocenters. The number of hydrogen-bond acceptors (Lipinski definition) is 5. The number of halogens is 1. The maximum Gasteiger partial charge on any atom is 0.238 e. The number of anilines is 1. The summed E-state index contributed by atoms with van der Waals surface area (Å²) in [6.45, 7) is 0.464. The SMILES string of the molecule is COc1ccc(NC(=O)C2CC(=O)N(CCc3ccc(Cl)cc3)C(=Nc3ccccc3)S2)cc1. The third-order valence-corrected chi connectivity index (χ3v) is 6.75. The van der Waals surface area contributed by atoms with Gasteiger partial charge in [0.05, 0.1) is 12.8 Å². The van der Waals surface area contributed by atoms with Crippen molar-refractivity contribution in [2.45, 2.75) is 18.1 Å². The Morgan fingerprint density at radius 2 is 1.79 bits per heavy atom. The van der Waals surface area contributed by atoms with E-state index < -0.39 is 5.25 Å². The standard InChI is InChI=1S/C26H24ClN3O3S/c1-33-22-13-11-21(12-14-22)28-25(32)23-17-24(31)30(16-15-18-7-9-19(27)10-8-18)26(34-23)29-20-5-3-2-4-6-20/h2-14,23H,15-17H2,1H3,(H,28,32). The molecule has 0 radical (unpaired) electrons. The summed E-state index contributed by atoms with van der Waals surface area (Å²) in [5.74, 6) is 0.340. The number of nitrogens with zero attached hydrogens (tertiary/aromatic N) is 2. The Bertz CT molecular complexity index is 1170. The summed E-state index contributed by atoms with van der Waals surface area (Å²) < 4.78 is 5.16. The van der Waals surface area contributed by atoms with Crippen LogP contribution in [0.4, 0.5) is 11.4 Å². The van der Waals surface area contributed by atoms with Gasteiger partial charge in [0.25, 0.3) is 0 Å². The predicted octanol–water partition coefficient (Wildman–Crippen LogP) is 5.55. The van der Waals surface area contributed by atoms with Crippen LogP contribution in [0.2, 0.25) is 5.02 Å². The van der Waals surface area contributed by atoms with Crippen LogP contribution >= 0.6 is 23.4 Å². The third kappa shape index (κ3) is 6.18. The summed E-state index contributed by atoms with van der Waals surface area (Å²) in [7, 11) is 1.59. The first kappa shape index (κ1) is 23.9. The number of amidine groups is 1. The zero-order valence-corrected chi connectivity index (χ0v) is 20.2. The monoisotopic (exact) mass is 493 g/mol. The fourth-order valence-corrected chi connectivity index (χ4v) is 4.71.